The molecule has 1 aliphatic rings. The first-order valence-electron chi connectivity index (χ1n) is 8.05. The van der Waals surface area contributed by atoms with Crippen LogP contribution in [0.2, 0.25) is 0 Å². The Morgan fingerprint density at radius 2 is 2.05 bits per heavy atom. The van der Waals surface area contributed by atoms with Crippen LogP contribution < -0.4 is 10.6 Å². The molecule has 1 aliphatic heterocycles. The van der Waals surface area contributed by atoms with E-state index in [4.69, 9.17) is 0 Å². The first-order valence-corrected chi connectivity index (χ1v) is 8.05. The summed E-state index contributed by atoms with van der Waals surface area (Å²) >= 11 is 0. The third kappa shape index (κ3) is 5.76. The van der Waals surface area contributed by atoms with Gasteiger partial charge in [0.25, 0.3) is 0 Å². The van der Waals surface area contributed by atoms with Gasteiger partial charge < -0.3 is 15.5 Å². The van der Waals surface area contributed by atoms with Crippen molar-refractivity contribution in [3.05, 3.63) is 35.9 Å². The van der Waals surface area contributed by atoms with Crippen molar-refractivity contribution in [1.82, 2.24) is 15.5 Å². The van der Waals surface area contributed by atoms with Gasteiger partial charge in [-0.05, 0) is 38.3 Å². The van der Waals surface area contributed by atoms with E-state index in [-0.39, 0.29) is 6.03 Å². The van der Waals surface area contributed by atoms with Crippen LogP contribution in [0.5, 0.6) is 0 Å². The molecule has 21 heavy (non-hydrogen) atoms. The molecule has 1 aromatic carbocycles. The van der Waals surface area contributed by atoms with Gasteiger partial charge in [0.15, 0.2) is 0 Å². The van der Waals surface area contributed by atoms with Gasteiger partial charge in [0.05, 0.1) is 0 Å². The summed E-state index contributed by atoms with van der Waals surface area (Å²) in [6.45, 7) is 5.92. The van der Waals surface area contributed by atoms with Crippen LogP contribution in [0.3, 0.4) is 0 Å². The number of hydrogen-bond acceptors (Lipinski definition) is 2. The largest absolute Gasteiger partial charge is 0.338 e. The van der Waals surface area contributed by atoms with Gasteiger partial charge >= 0.3 is 6.03 Å². The zero-order chi connectivity index (χ0) is 14.9. The minimum Gasteiger partial charge on any atom is -0.338 e. The summed E-state index contributed by atoms with van der Waals surface area (Å²) in [5, 5.41) is 5.81. The number of piperidine rings is 1. The summed E-state index contributed by atoms with van der Waals surface area (Å²) in [6, 6.07) is 10.6. The molecule has 0 bridgehead atoms. The number of carbonyl (C=O) groups excluding carboxylic acids is 1. The normalized spacial score (nSPS) is 19.2. The molecule has 116 valence electrons. The molecule has 1 aromatic rings. The highest BCUT2D eigenvalue weighted by atomic mass is 16.2. The number of nitrogens with one attached hydrogen (secondary N) is 2. The Labute approximate surface area is 127 Å². The van der Waals surface area contributed by atoms with Crippen molar-refractivity contribution in [3.8, 4) is 0 Å². The van der Waals surface area contributed by atoms with Crippen LogP contribution in [0.15, 0.2) is 30.3 Å². The maximum absolute atomic E-state index is 11.7. The first-order chi connectivity index (χ1) is 10.3. The summed E-state index contributed by atoms with van der Waals surface area (Å²) in [7, 11) is 0. The molecule has 0 aromatic heterocycles. The van der Waals surface area contributed by atoms with E-state index in [1.165, 1.54) is 25.8 Å². The Bertz CT molecular complexity index is 421. The second kappa shape index (κ2) is 8.67. The lowest BCUT2D eigenvalue weighted by molar-refractivity contribution is 0.159. The Kier molecular flexibility index (Phi) is 6.54. The van der Waals surface area contributed by atoms with Gasteiger partial charge in [0, 0.05) is 25.7 Å². The molecule has 1 heterocycles. The average molecular weight is 289 g/mol. The van der Waals surface area contributed by atoms with E-state index in [9.17, 15) is 4.79 Å². The maximum Gasteiger partial charge on any atom is 0.315 e. The van der Waals surface area contributed by atoms with Gasteiger partial charge in [0.1, 0.15) is 0 Å². The lowest BCUT2D eigenvalue weighted by Gasteiger charge is -2.33. The van der Waals surface area contributed by atoms with Crippen molar-refractivity contribution in [2.24, 2.45) is 0 Å². The average Bonchev–Trinajstić information content (AvgIpc) is 2.52. The van der Waals surface area contributed by atoms with Crippen molar-refractivity contribution in [3.63, 3.8) is 0 Å². The van der Waals surface area contributed by atoms with E-state index in [0.717, 1.165) is 25.1 Å². The number of hydrogen-bond donors (Lipinski definition) is 2. The minimum absolute atomic E-state index is 0.0782. The number of amides is 2. The fraction of sp³-hybridized carbons (Fsp3) is 0.588. The van der Waals surface area contributed by atoms with Crippen molar-refractivity contribution < 1.29 is 4.79 Å². The second-order valence-electron chi connectivity index (χ2n) is 5.83. The van der Waals surface area contributed by atoms with Gasteiger partial charge in [-0.25, -0.2) is 4.79 Å². The molecule has 4 heteroatoms. The molecule has 0 aliphatic carbocycles. The molecule has 2 amide bonds. The molecule has 4 nitrogen and oxygen atoms in total. The Morgan fingerprint density at radius 3 is 2.81 bits per heavy atom. The van der Waals surface area contributed by atoms with E-state index < -0.39 is 0 Å². The van der Waals surface area contributed by atoms with Crippen molar-refractivity contribution in [2.45, 2.75) is 45.2 Å². The fourth-order valence-electron chi connectivity index (χ4n) is 2.81. The Balaban J connectivity index is 1.55. The Morgan fingerprint density at radius 1 is 1.24 bits per heavy atom. The first kappa shape index (κ1) is 15.8. The summed E-state index contributed by atoms with van der Waals surface area (Å²) in [5.41, 5.74) is 1.12. The third-order valence-electron chi connectivity index (χ3n) is 4.14. The number of nitrogens with zero attached hydrogens (tertiary/aromatic N) is 1. The molecule has 0 radical (unpaired) electrons. The van der Waals surface area contributed by atoms with E-state index in [1.807, 2.05) is 30.3 Å². The standard InChI is InChI=1S/C17H27N3O/c1-15-8-5-6-12-20(15)13-7-11-18-17(21)19-14-16-9-3-2-4-10-16/h2-4,9-10,15H,5-8,11-14H2,1H3,(H2,18,19,21)/t15-/m1/s1. The molecule has 2 N–H and O–H groups in total. The molecular weight excluding hydrogens is 262 g/mol. The number of likely N-dealkylation sites (tertiary alicyclic amines) is 1. The topological polar surface area (TPSA) is 44.4 Å². The summed E-state index contributed by atoms with van der Waals surface area (Å²) in [5.74, 6) is 0. The molecule has 2 rings (SSSR count). The van der Waals surface area contributed by atoms with E-state index in [1.54, 1.807) is 0 Å². The zero-order valence-corrected chi connectivity index (χ0v) is 13.0. The van der Waals surface area contributed by atoms with E-state index >= 15 is 0 Å². The molecular formula is C17H27N3O. The minimum atomic E-state index is -0.0782. The summed E-state index contributed by atoms with van der Waals surface area (Å²) < 4.78 is 0. The number of benzene rings is 1. The molecule has 1 saturated heterocycles. The van der Waals surface area contributed by atoms with Crippen LogP contribution in [0.25, 0.3) is 0 Å². The summed E-state index contributed by atoms with van der Waals surface area (Å²) in [4.78, 5) is 14.2. The van der Waals surface area contributed by atoms with E-state index in [0.29, 0.717) is 12.6 Å². The number of urea groups is 1. The van der Waals surface area contributed by atoms with Crippen molar-refractivity contribution in [1.29, 1.82) is 0 Å². The van der Waals surface area contributed by atoms with Crippen LogP contribution in [0.4, 0.5) is 4.79 Å². The highest BCUT2D eigenvalue weighted by Crippen LogP contribution is 2.15. The van der Waals surface area contributed by atoms with E-state index in [2.05, 4.69) is 22.5 Å². The van der Waals surface area contributed by atoms with Crippen LogP contribution in [0.1, 0.15) is 38.2 Å². The Hall–Kier alpha value is -1.55. The molecule has 1 atom stereocenters. The van der Waals surface area contributed by atoms with Crippen LogP contribution >= 0.6 is 0 Å². The molecule has 0 spiro atoms. The predicted octanol–water partition coefficient (Wildman–Crippen LogP) is 2.75. The van der Waals surface area contributed by atoms with Gasteiger partial charge in [0.2, 0.25) is 0 Å². The quantitative estimate of drug-likeness (QED) is 0.791. The van der Waals surface area contributed by atoms with Gasteiger partial charge in [-0.15, -0.1) is 0 Å². The number of rotatable bonds is 6. The monoisotopic (exact) mass is 289 g/mol. The maximum atomic E-state index is 11.7. The molecule has 1 fully saturated rings. The highest BCUT2D eigenvalue weighted by Gasteiger charge is 2.17. The SMILES string of the molecule is C[C@@H]1CCCCN1CCCNC(=O)NCc1ccccc1. The highest BCUT2D eigenvalue weighted by molar-refractivity contribution is 5.73. The number of carbonyl (C=O) groups is 1. The molecule has 0 unspecified atom stereocenters. The van der Waals surface area contributed by atoms with Crippen LogP contribution in [-0.4, -0.2) is 36.6 Å². The van der Waals surface area contributed by atoms with Crippen molar-refractivity contribution in [2.75, 3.05) is 19.6 Å². The smallest absolute Gasteiger partial charge is 0.315 e. The zero-order valence-electron chi connectivity index (χ0n) is 13.0. The van der Waals surface area contributed by atoms with Crippen LogP contribution in [-0.2, 0) is 6.54 Å². The molecule has 0 saturated carbocycles. The van der Waals surface area contributed by atoms with Crippen LogP contribution in [0, 0.1) is 0 Å². The van der Waals surface area contributed by atoms with Crippen molar-refractivity contribution >= 4 is 6.03 Å². The van der Waals surface area contributed by atoms with Gasteiger partial charge in [-0.3, -0.25) is 0 Å². The summed E-state index contributed by atoms with van der Waals surface area (Å²) in [6.07, 6.45) is 5.00. The van der Waals surface area contributed by atoms with Gasteiger partial charge in [-0.1, -0.05) is 36.8 Å². The lowest BCUT2D eigenvalue weighted by Crippen LogP contribution is -2.40. The fourth-order valence-corrected chi connectivity index (χ4v) is 2.81. The second-order valence-corrected chi connectivity index (χ2v) is 5.83. The van der Waals surface area contributed by atoms with Gasteiger partial charge in [-0.2, -0.15) is 0 Å². The predicted molar refractivity (Wildman–Crippen MR) is 86.2 cm³/mol. The third-order valence-corrected chi connectivity index (χ3v) is 4.14. The lowest BCUT2D eigenvalue weighted by atomic mass is 10.0.